The SMILES string of the molecule is C=C(C)C(=O)OCc1ccc(N(c2ccc(OC(=O)C(=C)C)cc2)c2cccc(C)c2)cc1. The van der Waals surface area contributed by atoms with Crippen molar-refractivity contribution in [1.29, 1.82) is 0 Å². The number of benzene rings is 3. The van der Waals surface area contributed by atoms with Gasteiger partial charge in [0.25, 0.3) is 0 Å². The van der Waals surface area contributed by atoms with Crippen molar-refractivity contribution in [2.24, 2.45) is 0 Å². The molecular formula is C28H27NO4. The largest absolute Gasteiger partial charge is 0.457 e. The number of hydrogen-bond acceptors (Lipinski definition) is 5. The van der Waals surface area contributed by atoms with E-state index in [2.05, 4.69) is 24.1 Å². The molecular weight excluding hydrogens is 414 g/mol. The van der Waals surface area contributed by atoms with Gasteiger partial charge < -0.3 is 14.4 Å². The maximum atomic E-state index is 11.8. The third kappa shape index (κ3) is 6.20. The summed E-state index contributed by atoms with van der Waals surface area (Å²) in [5.41, 5.74) is 5.54. The van der Waals surface area contributed by atoms with Crippen LogP contribution in [0.2, 0.25) is 0 Å². The van der Waals surface area contributed by atoms with Crippen LogP contribution in [-0.2, 0) is 20.9 Å². The minimum absolute atomic E-state index is 0.180. The summed E-state index contributed by atoms with van der Waals surface area (Å²) < 4.78 is 10.6. The maximum Gasteiger partial charge on any atom is 0.338 e. The zero-order valence-corrected chi connectivity index (χ0v) is 19.1. The van der Waals surface area contributed by atoms with Gasteiger partial charge in [-0.3, -0.25) is 0 Å². The van der Waals surface area contributed by atoms with Gasteiger partial charge in [-0.2, -0.15) is 0 Å². The molecule has 0 fully saturated rings. The molecule has 0 spiro atoms. The van der Waals surface area contributed by atoms with Crippen LogP contribution in [0.3, 0.4) is 0 Å². The summed E-state index contributed by atoms with van der Waals surface area (Å²) in [6.07, 6.45) is 0. The molecule has 3 aromatic carbocycles. The predicted octanol–water partition coefficient (Wildman–Crippen LogP) is 6.57. The third-order valence-corrected chi connectivity index (χ3v) is 4.83. The van der Waals surface area contributed by atoms with Crippen LogP contribution in [0.15, 0.2) is 97.1 Å². The lowest BCUT2D eigenvalue weighted by molar-refractivity contribution is -0.140. The molecule has 33 heavy (non-hydrogen) atoms. The molecule has 0 aliphatic carbocycles. The van der Waals surface area contributed by atoms with Gasteiger partial charge in [-0.15, -0.1) is 0 Å². The molecule has 0 N–H and O–H groups in total. The molecule has 0 unspecified atom stereocenters. The van der Waals surface area contributed by atoms with Crippen molar-refractivity contribution in [3.8, 4) is 5.75 Å². The quantitative estimate of drug-likeness (QED) is 0.225. The van der Waals surface area contributed by atoms with Crippen molar-refractivity contribution in [3.05, 3.63) is 108 Å². The third-order valence-electron chi connectivity index (χ3n) is 4.83. The lowest BCUT2D eigenvalue weighted by Gasteiger charge is -2.26. The summed E-state index contributed by atoms with van der Waals surface area (Å²) in [5, 5.41) is 0. The second-order valence-electron chi connectivity index (χ2n) is 7.86. The average Bonchev–Trinajstić information content (AvgIpc) is 2.79. The standard InChI is InChI=1S/C28H27NO4/c1-19(2)27(30)32-18-22-9-11-23(12-10-22)29(25-8-6-7-21(5)17-25)24-13-15-26(16-14-24)33-28(31)20(3)4/h6-17H,1,3,18H2,2,4-5H3. The van der Waals surface area contributed by atoms with Gasteiger partial charge in [0.05, 0.1) is 0 Å². The molecule has 3 rings (SSSR count). The van der Waals surface area contributed by atoms with E-state index in [9.17, 15) is 9.59 Å². The maximum absolute atomic E-state index is 11.8. The molecule has 0 radical (unpaired) electrons. The Bertz CT molecular complexity index is 1180. The van der Waals surface area contributed by atoms with E-state index in [0.717, 1.165) is 28.2 Å². The van der Waals surface area contributed by atoms with Gasteiger partial charge in [-0.25, -0.2) is 9.59 Å². The van der Waals surface area contributed by atoms with Crippen molar-refractivity contribution < 1.29 is 19.1 Å². The van der Waals surface area contributed by atoms with Crippen LogP contribution in [0.1, 0.15) is 25.0 Å². The van der Waals surface area contributed by atoms with Crippen molar-refractivity contribution in [2.45, 2.75) is 27.4 Å². The lowest BCUT2D eigenvalue weighted by atomic mass is 10.1. The molecule has 5 nitrogen and oxygen atoms in total. The van der Waals surface area contributed by atoms with Gasteiger partial charge in [0.15, 0.2) is 0 Å². The number of anilines is 3. The topological polar surface area (TPSA) is 55.8 Å². The minimum atomic E-state index is -0.457. The van der Waals surface area contributed by atoms with E-state index < -0.39 is 11.9 Å². The Morgan fingerprint density at radius 3 is 1.91 bits per heavy atom. The summed E-state index contributed by atoms with van der Waals surface area (Å²) in [6.45, 7) is 12.7. The lowest BCUT2D eigenvalue weighted by Crippen LogP contribution is -2.11. The van der Waals surface area contributed by atoms with Gasteiger partial charge >= 0.3 is 11.9 Å². The highest BCUT2D eigenvalue weighted by molar-refractivity contribution is 5.89. The fourth-order valence-corrected chi connectivity index (χ4v) is 3.08. The Labute approximate surface area is 194 Å². The predicted molar refractivity (Wildman–Crippen MR) is 131 cm³/mol. The van der Waals surface area contributed by atoms with Crippen molar-refractivity contribution in [2.75, 3.05) is 4.90 Å². The van der Waals surface area contributed by atoms with E-state index in [1.807, 2.05) is 61.5 Å². The molecule has 0 amide bonds. The Hall–Kier alpha value is -4.12. The summed E-state index contributed by atoms with van der Waals surface area (Å²) >= 11 is 0. The number of nitrogens with zero attached hydrogens (tertiary/aromatic N) is 1. The Kier molecular flexibility index (Phi) is 7.46. The number of carbonyl (C=O) groups excluding carboxylic acids is 2. The average molecular weight is 442 g/mol. The van der Waals surface area contributed by atoms with Crippen LogP contribution in [0.5, 0.6) is 5.75 Å². The van der Waals surface area contributed by atoms with Gasteiger partial charge in [0.2, 0.25) is 0 Å². The first-order valence-corrected chi connectivity index (χ1v) is 10.5. The Balaban J connectivity index is 1.89. The summed E-state index contributed by atoms with van der Waals surface area (Å²) in [5.74, 6) is -0.417. The van der Waals surface area contributed by atoms with E-state index >= 15 is 0 Å². The number of ether oxygens (including phenoxy) is 2. The van der Waals surface area contributed by atoms with Gasteiger partial charge in [-0.1, -0.05) is 37.4 Å². The number of carbonyl (C=O) groups is 2. The number of aryl methyl sites for hydroxylation is 1. The number of hydrogen-bond donors (Lipinski definition) is 0. The van der Waals surface area contributed by atoms with E-state index in [4.69, 9.17) is 9.47 Å². The van der Waals surface area contributed by atoms with Crippen molar-refractivity contribution >= 4 is 29.0 Å². The summed E-state index contributed by atoms with van der Waals surface area (Å²) in [7, 11) is 0. The fraction of sp³-hybridized carbons (Fsp3) is 0.143. The van der Waals surface area contributed by atoms with Crippen molar-refractivity contribution in [1.82, 2.24) is 0 Å². The molecule has 5 heteroatoms. The molecule has 0 aliphatic rings. The van der Waals surface area contributed by atoms with E-state index in [1.165, 1.54) is 0 Å². The zero-order valence-electron chi connectivity index (χ0n) is 19.1. The van der Waals surface area contributed by atoms with E-state index in [1.54, 1.807) is 26.0 Å². The monoisotopic (exact) mass is 441 g/mol. The minimum Gasteiger partial charge on any atom is -0.457 e. The highest BCUT2D eigenvalue weighted by atomic mass is 16.5. The molecule has 0 saturated carbocycles. The van der Waals surface area contributed by atoms with Crippen LogP contribution in [-0.4, -0.2) is 11.9 Å². The van der Waals surface area contributed by atoms with E-state index in [-0.39, 0.29) is 6.61 Å². The van der Waals surface area contributed by atoms with Gasteiger partial charge in [0, 0.05) is 28.2 Å². The summed E-state index contributed by atoms with van der Waals surface area (Å²) in [4.78, 5) is 25.6. The zero-order chi connectivity index (χ0) is 24.0. The molecule has 0 atom stereocenters. The smallest absolute Gasteiger partial charge is 0.338 e. The van der Waals surface area contributed by atoms with Crippen LogP contribution < -0.4 is 9.64 Å². The van der Waals surface area contributed by atoms with Gasteiger partial charge in [-0.05, 0) is 80.4 Å². The van der Waals surface area contributed by atoms with Crippen LogP contribution >= 0.6 is 0 Å². The van der Waals surface area contributed by atoms with Gasteiger partial charge in [0.1, 0.15) is 12.4 Å². The molecule has 0 heterocycles. The number of rotatable bonds is 8. The van der Waals surface area contributed by atoms with Crippen LogP contribution in [0.25, 0.3) is 0 Å². The number of esters is 2. The first-order valence-electron chi connectivity index (χ1n) is 10.5. The Morgan fingerprint density at radius 1 is 0.788 bits per heavy atom. The second kappa shape index (κ2) is 10.5. The summed E-state index contributed by atoms with van der Waals surface area (Å²) in [6, 6.07) is 23.3. The Morgan fingerprint density at radius 2 is 1.36 bits per heavy atom. The normalized spacial score (nSPS) is 10.3. The molecule has 168 valence electrons. The highest BCUT2D eigenvalue weighted by Gasteiger charge is 2.14. The molecule has 0 bridgehead atoms. The second-order valence-corrected chi connectivity index (χ2v) is 7.86. The van der Waals surface area contributed by atoms with Crippen molar-refractivity contribution in [3.63, 3.8) is 0 Å². The molecule has 0 saturated heterocycles. The molecule has 3 aromatic rings. The van der Waals surface area contributed by atoms with Crippen LogP contribution in [0.4, 0.5) is 17.1 Å². The fourth-order valence-electron chi connectivity index (χ4n) is 3.08. The van der Waals surface area contributed by atoms with Crippen LogP contribution in [0, 0.1) is 6.92 Å². The molecule has 0 aromatic heterocycles. The van der Waals surface area contributed by atoms with E-state index in [0.29, 0.717) is 16.9 Å². The first kappa shape index (κ1) is 23.5. The first-order chi connectivity index (χ1) is 15.7. The molecule has 0 aliphatic heterocycles. The highest BCUT2D eigenvalue weighted by Crippen LogP contribution is 2.35.